The summed E-state index contributed by atoms with van der Waals surface area (Å²) in [5.74, 6) is 0.861. The molecule has 1 aromatic rings. The van der Waals surface area contributed by atoms with Gasteiger partial charge in [0.15, 0.2) is 5.96 Å². The van der Waals surface area contributed by atoms with E-state index < -0.39 is 0 Å². The maximum Gasteiger partial charge on any atom is 0.191 e. The molecule has 6 heteroatoms. The Labute approximate surface area is 163 Å². The van der Waals surface area contributed by atoms with Gasteiger partial charge in [0.25, 0.3) is 0 Å². The van der Waals surface area contributed by atoms with Gasteiger partial charge in [-0.1, -0.05) is 31.2 Å². The van der Waals surface area contributed by atoms with Crippen molar-refractivity contribution >= 4 is 29.9 Å². The van der Waals surface area contributed by atoms with Crippen LogP contribution >= 0.6 is 24.0 Å². The lowest BCUT2D eigenvalue weighted by Crippen LogP contribution is -2.44. The Bertz CT molecular complexity index is 510. The van der Waals surface area contributed by atoms with Gasteiger partial charge in [0, 0.05) is 33.3 Å². The van der Waals surface area contributed by atoms with Gasteiger partial charge in [-0.3, -0.25) is 9.89 Å². The summed E-state index contributed by atoms with van der Waals surface area (Å²) < 4.78 is 5.26. The fraction of sp³-hybridized carbons (Fsp3) is 0.611. The van der Waals surface area contributed by atoms with Gasteiger partial charge in [-0.2, -0.15) is 0 Å². The van der Waals surface area contributed by atoms with Crippen molar-refractivity contribution in [2.24, 2.45) is 4.99 Å². The Balaban J connectivity index is 0.00000288. The lowest BCUT2D eigenvalue weighted by molar-refractivity contribution is 0.184. The molecule has 1 aliphatic rings. The average molecular weight is 446 g/mol. The van der Waals surface area contributed by atoms with Crippen molar-refractivity contribution in [1.29, 1.82) is 0 Å². The van der Waals surface area contributed by atoms with E-state index in [4.69, 9.17) is 4.74 Å². The molecule has 136 valence electrons. The molecule has 0 aromatic heterocycles. The van der Waals surface area contributed by atoms with Gasteiger partial charge in [-0.15, -0.1) is 24.0 Å². The quantitative estimate of drug-likeness (QED) is 0.384. The van der Waals surface area contributed by atoms with Gasteiger partial charge in [-0.05, 0) is 37.1 Å². The molecule has 5 nitrogen and oxygen atoms in total. The highest BCUT2D eigenvalue weighted by Crippen LogP contribution is 2.15. The van der Waals surface area contributed by atoms with Gasteiger partial charge < -0.3 is 15.4 Å². The minimum atomic E-state index is 0. The summed E-state index contributed by atoms with van der Waals surface area (Å²) in [6.07, 6.45) is 2.57. The molecule has 1 aromatic carbocycles. The predicted octanol–water partition coefficient (Wildman–Crippen LogP) is 2.60. The molecule has 0 spiro atoms. The summed E-state index contributed by atoms with van der Waals surface area (Å²) in [5.41, 5.74) is 2.46. The lowest BCUT2D eigenvalue weighted by Gasteiger charge is -2.24. The van der Waals surface area contributed by atoms with Crippen LogP contribution in [0.1, 0.15) is 30.9 Å². The van der Waals surface area contributed by atoms with Crippen molar-refractivity contribution in [1.82, 2.24) is 15.5 Å². The lowest BCUT2D eigenvalue weighted by atomic mass is 10.1. The summed E-state index contributed by atoms with van der Waals surface area (Å²) in [5, 5.41) is 6.87. The first-order valence-corrected chi connectivity index (χ1v) is 8.52. The third-order valence-corrected chi connectivity index (χ3v) is 4.50. The summed E-state index contributed by atoms with van der Waals surface area (Å²) in [7, 11) is 3.55. The molecule has 2 rings (SSSR count). The average Bonchev–Trinajstić information content (AvgIpc) is 3.04. The molecule has 0 saturated carbocycles. The molecule has 1 atom stereocenters. The number of hydrogen-bond donors (Lipinski definition) is 2. The molecule has 1 heterocycles. The summed E-state index contributed by atoms with van der Waals surface area (Å²) in [6, 6.07) is 8.96. The number of likely N-dealkylation sites (tertiary alicyclic amines) is 1. The monoisotopic (exact) mass is 446 g/mol. The minimum absolute atomic E-state index is 0. The van der Waals surface area contributed by atoms with Crippen LogP contribution in [0, 0.1) is 0 Å². The Hall–Kier alpha value is -0.860. The number of ether oxygens (including phenoxy) is 1. The molecule has 1 unspecified atom stereocenters. The van der Waals surface area contributed by atoms with Gasteiger partial charge in [-0.25, -0.2) is 0 Å². The number of benzene rings is 1. The number of guanidine groups is 1. The largest absolute Gasteiger partial charge is 0.380 e. The van der Waals surface area contributed by atoms with Gasteiger partial charge in [0.05, 0.1) is 6.61 Å². The van der Waals surface area contributed by atoms with E-state index in [1.807, 2.05) is 13.1 Å². The van der Waals surface area contributed by atoms with Crippen LogP contribution in [0.2, 0.25) is 0 Å². The third-order valence-electron chi connectivity index (χ3n) is 4.50. The predicted molar refractivity (Wildman–Crippen MR) is 111 cm³/mol. The normalized spacial score (nSPS) is 18.3. The highest BCUT2D eigenvalue weighted by Gasteiger charge is 2.22. The molecule has 0 amide bonds. The zero-order chi connectivity index (χ0) is 16.5. The number of nitrogens with zero attached hydrogens (tertiary/aromatic N) is 2. The SMILES string of the molecule is CCN1CCCC1CNC(=NC)NCc1ccccc1COC.I. The van der Waals surface area contributed by atoms with Crippen LogP contribution in [0.5, 0.6) is 0 Å². The first-order valence-electron chi connectivity index (χ1n) is 8.52. The van der Waals surface area contributed by atoms with Gasteiger partial charge in [0.2, 0.25) is 0 Å². The molecular weight excluding hydrogens is 415 g/mol. The molecule has 1 fully saturated rings. The van der Waals surface area contributed by atoms with Crippen molar-refractivity contribution in [3.63, 3.8) is 0 Å². The fourth-order valence-electron chi connectivity index (χ4n) is 3.18. The van der Waals surface area contributed by atoms with Crippen molar-refractivity contribution in [3.05, 3.63) is 35.4 Å². The van der Waals surface area contributed by atoms with E-state index in [9.17, 15) is 0 Å². The van der Waals surface area contributed by atoms with E-state index in [0.29, 0.717) is 12.6 Å². The number of rotatable bonds is 7. The zero-order valence-corrected chi connectivity index (χ0v) is 17.4. The van der Waals surface area contributed by atoms with E-state index in [0.717, 1.165) is 25.6 Å². The van der Waals surface area contributed by atoms with Crippen LogP contribution in [0.25, 0.3) is 0 Å². The first kappa shape index (κ1) is 21.2. The summed E-state index contributed by atoms with van der Waals surface area (Å²) in [4.78, 5) is 6.87. The fourth-order valence-corrected chi connectivity index (χ4v) is 3.18. The summed E-state index contributed by atoms with van der Waals surface area (Å²) >= 11 is 0. The number of likely N-dealkylation sites (N-methyl/N-ethyl adjacent to an activating group) is 1. The van der Waals surface area contributed by atoms with Gasteiger partial charge in [0.1, 0.15) is 0 Å². The second-order valence-corrected chi connectivity index (χ2v) is 5.93. The van der Waals surface area contributed by atoms with E-state index in [1.54, 1.807) is 7.11 Å². The third kappa shape index (κ3) is 6.22. The molecular formula is C18H31IN4O. The topological polar surface area (TPSA) is 48.9 Å². The number of nitrogens with one attached hydrogen (secondary N) is 2. The highest BCUT2D eigenvalue weighted by molar-refractivity contribution is 14.0. The molecule has 0 bridgehead atoms. The van der Waals surface area contributed by atoms with Crippen molar-refractivity contribution in [2.45, 2.75) is 39.0 Å². The molecule has 0 aliphatic carbocycles. The van der Waals surface area contributed by atoms with Crippen LogP contribution in [0.4, 0.5) is 0 Å². The van der Waals surface area contributed by atoms with Crippen LogP contribution < -0.4 is 10.6 Å². The number of aliphatic imine (C=N–C) groups is 1. The molecule has 0 radical (unpaired) electrons. The van der Waals surface area contributed by atoms with E-state index >= 15 is 0 Å². The maximum absolute atomic E-state index is 5.26. The van der Waals surface area contributed by atoms with Gasteiger partial charge >= 0.3 is 0 Å². The highest BCUT2D eigenvalue weighted by atomic mass is 127. The first-order chi connectivity index (χ1) is 11.3. The van der Waals surface area contributed by atoms with Crippen LogP contribution in [-0.4, -0.2) is 50.7 Å². The van der Waals surface area contributed by atoms with E-state index in [-0.39, 0.29) is 24.0 Å². The maximum atomic E-state index is 5.26. The van der Waals surface area contributed by atoms with Crippen LogP contribution in [-0.2, 0) is 17.9 Å². The Morgan fingerprint density at radius 3 is 2.71 bits per heavy atom. The van der Waals surface area contributed by atoms with Crippen LogP contribution in [0.15, 0.2) is 29.3 Å². The molecule has 24 heavy (non-hydrogen) atoms. The van der Waals surface area contributed by atoms with Crippen LogP contribution in [0.3, 0.4) is 0 Å². The summed E-state index contributed by atoms with van der Waals surface area (Å²) in [6.45, 7) is 6.92. The molecule has 2 N–H and O–H groups in total. The number of methoxy groups -OCH3 is 1. The zero-order valence-electron chi connectivity index (χ0n) is 15.0. The minimum Gasteiger partial charge on any atom is -0.380 e. The second-order valence-electron chi connectivity index (χ2n) is 5.93. The second kappa shape index (κ2) is 11.7. The van der Waals surface area contributed by atoms with E-state index in [1.165, 1.54) is 30.5 Å². The molecule has 1 saturated heterocycles. The van der Waals surface area contributed by atoms with E-state index in [2.05, 4.69) is 45.6 Å². The Kier molecular flexibility index (Phi) is 10.3. The van der Waals surface area contributed by atoms with Crippen molar-refractivity contribution in [3.8, 4) is 0 Å². The molecule has 1 aliphatic heterocycles. The standard InChI is InChI=1S/C18H30N4O.HI/c1-4-22-11-7-10-17(22)13-21-18(19-2)20-12-15-8-5-6-9-16(15)14-23-3;/h5-6,8-9,17H,4,7,10-14H2,1-3H3,(H2,19,20,21);1H. The Morgan fingerprint density at radius 1 is 1.29 bits per heavy atom. The Morgan fingerprint density at radius 2 is 2.04 bits per heavy atom. The smallest absolute Gasteiger partial charge is 0.191 e. The number of hydrogen-bond acceptors (Lipinski definition) is 3. The van der Waals surface area contributed by atoms with Crippen molar-refractivity contribution in [2.75, 3.05) is 33.8 Å². The van der Waals surface area contributed by atoms with Crippen molar-refractivity contribution < 1.29 is 4.74 Å². The number of halogens is 1.